The lowest BCUT2D eigenvalue weighted by molar-refractivity contribution is 0.643. The molecule has 0 aliphatic rings. The van der Waals surface area contributed by atoms with Gasteiger partial charge in [-0.05, 0) is 31.5 Å². The summed E-state index contributed by atoms with van der Waals surface area (Å²) in [4.78, 5) is 4.34. The van der Waals surface area contributed by atoms with E-state index in [1.807, 2.05) is 18.5 Å². The fraction of sp³-hybridized carbons (Fsp3) is 0.429. The van der Waals surface area contributed by atoms with Crippen LogP contribution < -0.4 is 5.32 Å². The van der Waals surface area contributed by atoms with Crippen molar-refractivity contribution in [2.24, 2.45) is 0 Å². The van der Waals surface area contributed by atoms with Crippen LogP contribution >= 0.6 is 0 Å². The highest BCUT2D eigenvalue weighted by atomic mass is 15.3. The van der Waals surface area contributed by atoms with E-state index in [4.69, 9.17) is 0 Å². The summed E-state index contributed by atoms with van der Waals surface area (Å²) in [7, 11) is 0. The molecule has 2 rings (SSSR count). The summed E-state index contributed by atoms with van der Waals surface area (Å²) in [5, 5.41) is 7.78. The molecule has 0 amide bonds. The van der Waals surface area contributed by atoms with E-state index in [-0.39, 0.29) is 0 Å². The quantitative estimate of drug-likeness (QED) is 0.875. The highest BCUT2D eigenvalue weighted by Crippen LogP contribution is 2.11. The van der Waals surface area contributed by atoms with Crippen LogP contribution in [0.5, 0.6) is 0 Å². The maximum absolute atomic E-state index is 4.41. The highest BCUT2D eigenvalue weighted by molar-refractivity contribution is 5.27. The second-order valence-corrected chi connectivity index (χ2v) is 4.41. The minimum atomic E-state index is 0.786. The number of aromatic nitrogens is 3. The Labute approximate surface area is 108 Å². The molecule has 1 aromatic carbocycles. The van der Waals surface area contributed by atoms with Crippen LogP contribution in [0.15, 0.2) is 24.3 Å². The van der Waals surface area contributed by atoms with Gasteiger partial charge in [0.05, 0.1) is 6.54 Å². The lowest BCUT2D eigenvalue weighted by atomic mass is 10.1. The van der Waals surface area contributed by atoms with Crippen molar-refractivity contribution in [3.05, 3.63) is 47.0 Å². The Morgan fingerprint density at radius 2 is 1.89 bits per heavy atom. The molecule has 0 fully saturated rings. The van der Waals surface area contributed by atoms with Crippen LogP contribution in [0.25, 0.3) is 0 Å². The molecule has 2 aromatic rings. The smallest absolute Gasteiger partial charge is 0.147 e. The van der Waals surface area contributed by atoms with Crippen molar-refractivity contribution in [2.45, 2.75) is 33.9 Å². The van der Waals surface area contributed by atoms with Crippen LogP contribution in [0, 0.1) is 13.8 Å². The molecule has 0 unspecified atom stereocenters. The standard InChI is InChI=1S/C14H20N4/c1-4-15-9-13-7-5-6-8-14(13)10-18-12(3)16-11(2)17-18/h5-8,15H,4,9-10H2,1-3H3. The van der Waals surface area contributed by atoms with Gasteiger partial charge in [-0.25, -0.2) is 9.67 Å². The van der Waals surface area contributed by atoms with Crippen molar-refractivity contribution in [2.75, 3.05) is 6.54 Å². The zero-order valence-electron chi connectivity index (χ0n) is 11.3. The van der Waals surface area contributed by atoms with E-state index < -0.39 is 0 Å². The van der Waals surface area contributed by atoms with Crippen LogP contribution in [0.2, 0.25) is 0 Å². The molecule has 0 aliphatic heterocycles. The zero-order chi connectivity index (χ0) is 13.0. The average molecular weight is 244 g/mol. The van der Waals surface area contributed by atoms with E-state index in [1.54, 1.807) is 0 Å². The Balaban J connectivity index is 2.20. The lowest BCUT2D eigenvalue weighted by Crippen LogP contribution is -2.15. The Hall–Kier alpha value is -1.68. The molecule has 4 nitrogen and oxygen atoms in total. The third-order valence-electron chi connectivity index (χ3n) is 2.97. The molecule has 4 heteroatoms. The lowest BCUT2D eigenvalue weighted by Gasteiger charge is -2.10. The number of rotatable bonds is 5. The van der Waals surface area contributed by atoms with E-state index >= 15 is 0 Å². The van der Waals surface area contributed by atoms with Gasteiger partial charge in [0.15, 0.2) is 0 Å². The van der Waals surface area contributed by atoms with Gasteiger partial charge < -0.3 is 5.32 Å². The zero-order valence-corrected chi connectivity index (χ0v) is 11.3. The molecule has 0 radical (unpaired) electrons. The minimum Gasteiger partial charge on any atom is -0.313 e. The molecule has 18 heavy (non-hydrogen) atoms. The Morgan fingerprint density at radius 3 is 2.50 bits per heavy atom. The first-order chi connectivity index (χ1) is 8.70. The van der Waals surface area contributed by atoms with E-state index in [0.717, 1.165) is 31.3 Å². The molecule has 1 aromatic heterocycles. The van der Waals surface area contributed by atoms with Gasteiger partial charge in [-0.3, -0.25) is 0 Å². The van der Waals surface area contributed by atoms with Crippen molar-refractivity contribution in [3.63, 3.8) is 0 Å². The van der Waals surface area contributed by atoms with Crippen LogP contribution in [0.1, 0.15) is 29.7 Å². The summed E-state index contributed by atoms with van der Waals surface area (Å²) in [5.74, 6) is 1.79. The Morgan fingerprint density at radius 1 is 1.17 bits per heavy atom. The summed E-state index contributed by atoms with van der Waals surface area (Å²) in [6.45, 7) is 8.71. The summed E-state index contributed by atoms with van der Waals surface area (Å²) >= 11 is 0. The molecular weight excluding hydrogens is 224 g/mol. The van der Waals surface area contributed by atoms with Crippen LogP contribution in [0.3, 0.4) is 0 Å². The molecule has 0 saturated heterocycles. The molecule has 1 heterocycles. The van der Waals surface area contributed by atoms with Gasteiger partial charge in [-0.1, -0.05) is 31.2 Å². The molecule has 96 valence electrons. The van der Waals surface area contributed by atoms with E-state index in [2.05, 4.69) is 46.6 Å². The molecule has 0 atom stereocenters. The van der Waals surface area contributed by atoms with Crippen molar-refractivity contribution in [1.29, 1.82) is 0 Å². The van der Waals surface area contributed by atoms with Gasteiger partial charge in [0.1, 0.15) is 11.6 Å². The van der Waals surface area contributed by atoms with Crippen molar-refractivity contribution < 1.29 is 0 Å². The second-order valence-electron chi connectivity index (χ2n) is 4.41. The summed E-state index contributed by atoms with van der Waals surface area (Å²) < 4.78 is 1.96. The monoisotopic (exact) mass is 244 g/mol. The van der Waals surface area contributed by atoms with Crippen LogP contribution in [-0.2, 0) is 13.1 Å². The Bertz CT molecular complexity index is 516. The average Bonchev–Trinajstić information content (AvgIpc) is 2.67. The second kappa shape index (κ2) is 5.78. The molecule has 1 N–H and O–H groups in total. The molecule has 0 aliphatic carbocycles. The number of nitrogens with zero attached hydrogens (tertiary/aromatic N) is 3. The van der Waals surface area contributed by atoms with Gasteiger partial charge >= 0.3 is 0 Å². The van der Waals surface area contributed by atoms with Gasteiger partial charge in [0.2, 0.25) is 0 Å². The van der Waals surface area contributed by atoms with Crippen LogP contribution in [0.4, 0.5) is 0 Å². The van der Waals surface area contributed by atoms with Crippen molar-refractivity contribution in [1.82, 2.24) is 20.1 Å². The molecular formula is C14H20N4. The highest BCUT2D eigenvalue weighted by Gasteiger charge is 2.06. The number of hydrogen-bond acceptors (Lipinski definition) is 3. The number of aryl methyl sites for hydroxylation is 2. The van der Waals surface area contributed by atoms with Gasteiger partial charge in [0.25, 0.3) is 0 Å². The van der Waals surface area contributed by atoms with Gasteiger partial charge in [0, 0.05) is 6.54 Å². The summed E-state index contributed by atoms with van der Waals surface area (Å²) in [5.41, 5.74) is 2.62. The fourth-order valence-corrected chi connectivity index (χ4v) is 2.02. The first-order valence-corrected chi connectivity index (χ1v) is 6.36. The molecule has 0 saturated carbocycles. The first kappa shape index (κ1) is 12.8. The molecule has 0 spiro atoms. The number of benzene rings is 1. The predicted octanol–water partition coefficient (Wildman–Crippen LogP) is 2.05. The van der Waals surface area contributed by atoms with E-state index in [1.165, 1.54) is 11.1 Å². The molecule has 0 bridgehead atoms. The maximum atomic E-state index is 4.41. The van der Waals surface area contributed by atoms with Gasteiger partial charge in [-0.2, -0.15) is 5.10 Å². The van der Waals surface area contributed by atoms with Crippen LogP contribution in [-0.4, -0.2) is 21.3 Å². The van der Waals surface area contributed by atoms with Crippen molar-refractivity contribution in [3.8, 4) is 0 Å². The predicted molar refractivity (Wildman–Crippen MR) is 72.4 cm³/mol. The topological polar surface area (TPSA) is 42.7 Å². The van der Waals surface area contributed by atoms with Crippen molar-refractivity contribution >= 4 is 0 Å². The fourth-order valence-electron chi connectivity index (χ4n) is 2.02. The normalized spacial score (nSPS) is 10.8. The minimum absolute atomic E-state index is 0.786. The summed E-state index contributed by atoms with van der Waals surface area (Å²) in [6.07, 6.45) is 0. The largest absolute Gasteiger partial charge is 0.313 e. The third-order valence-corrected chi connectivity index (χ3v) is 2.97. The maximum Gasteiger partial charge on any atom is 0.147 e. The van der Waals surface area contributed by atoms with E-state index in [9.17, 15) is 0 Å². The van der Waals surface area contributed by atoms with E-state index in [0.29, 0.717) is 0 Å². The number of hydrogen-bond donors (Lipinski definition) is 1. The first-order valence-electron chi connectivity index (χ1n) is 6.36. The number of nitrogens with one attached hydrogen (secondary N) is 1. The SMILES string of the molecule is CCNCc1ccccc1Cn1nc(C)nc1C. The van der Waals surface area contributed by atoms with Gasteiger partial charge in [-0.15, -0.1) is 0 Å². The Kier molecular flexibility index (Phi) is 4.10. The summed E-state index contributed by atoms with van der Waals surface area (Å²) in [6, 6.07) is 8.47. The third kappa shape index (κ3) is 2.96.